The third kappa shape index (κ3) is 5.19. The Labute approximate surface area is 161 Å². The highest BCUT2D eigenvalue weighted by Gasteiger charge is 2.54. The topological polar surface area (TPSA) is 95.7 Å². The summed E-state index contributed by atoms with van der Waals surface area (Å²) in [4.78, 5) is 26.4. The van der Waals surface area contributed by atoms with E-state index in [1.165, 1.54) is 4.90 Å². The normalized spacial score (nSPS) is 22.7. The maximum absolute atomic E-state index is 12.6. The Hall–Kier alpha value is -1.63. The molecule has 1 heterocycles. The van der Waals surface area contributed by atoms with E-state index in [1.54, 1.807) is 0 Å². The summed E-state index contributed by atoms with van der Waals surface area (Å²) in [5.41, 5.74) is 4.65. The van der Waals surface area contributed by atoms with Crippen LogP contribution in [-0.2, 0) is 16.0 Å². The van der Waals surface area contributed by atoms with Gasteiger partial charge in [-0.3, -0.25) is 9.59 Å². The number of nitrogens with two attached hydrogens (primary N) is 1. The van der Waals surface area contributed by atoms with Crippen LogP contribution in [0.4, 0.5) is 0 Å². The van der Waals surface area contributed by atoms with E-state index in [9.17, 15) is 14.7 Å². The number of amides is 2. The lowest BCUT2D eigenvalue weighted by Gasteiger charge is -2.37. The van der Waals surface area contributed by atoms with Crippen LogP contribution >= 0.6 is 12.4 Å². The largest absolute Gasteiger partial charge is 0.362 e. The van der Waals surface area contributed by atoms with Crippen molar-refractivity contribution in [3.63, 3.8) is 0 Å². The molecular weight excluding hydrogens is 354 g/mol. The monoisotopic (exact) mass is 383 g/mol. The average Bonchev–Trinajstić information content (AvgIpc) is 2.83. The van der Waals surface area contributed by atoms with Gasteiger partial charge in [0, 0.05) is 18.5 Å². The first kappa shape index (κ1) is 22.4. The van der Waals surface area contributed by atoms with Gasteiger partial charge in [0.05, 0.1) is 6.04 Å². The van der Waals surface area contributed by atoms with E-state index >= 15 is 0 Å². The number of halogens is 1. The molecule has 1 saturated heterocycles. The van der Waals surface area contributed by atoms with Crippen LogP contribution < -0.4 is 11.1 Å². The molecular formula is C19H30ClN3O3. The lowest BCUT2D eigenvalue weighted by molar-refractivity contribution is -0.171. The standard InChI is InChI=1S/C19H29N3O3.ClH/c1-18(2,3)21-17(24)19(25)15(20)12-13-22(19)16(23)11-7-10-14-8-5-4-6-9-14;/h4-6,8-9,15,25H,7,10-13,20H2,1-3H3,(H,21,24);1H/t15?,19-;/m1./s1. The molecule has 1 aliphatic heterocycles. The van der Waals surface area contributed by atoms with Crippen molar-refractivity contribution in [2.75, 3.05) is 6.54 Å². The molecule has 6 nitrogen and oxygen atoms in total. The van der Waals surface area contributed by atoms with Gasteiger partial charge in [-0.2, -0.15) is 0 Å². The zero-order chi connectivity index (χ0) is 18.7. The second-order valence-corrected chi connectivity index (χ2v) is 7.71. The average molecular weight is 384 g/mol. The fourth-order valence-corrected chi connectivity index (χ4v) is 3.10. The Morgan fingerprint density at radius 1 is 1.31 bits per heavy atom. The van der Waals surface area contributed by atoms with Gasteiger partial charge in [0.15, 0.2) is 0 Å². The highest BCUT2D eigenvalue weighted by molar-refractivity contribution is 5.91. The first-order valence-electron chi connectivity index (χ1n) is 8.79. The van der Waals surface area contributed by atoms with Crippen molar-refractivity contribution in [3.8, 4) is 0 Å². The zero-order valence-corrected chi connectivity index (χ0v) is 16.5. The molecule has 2 atom stereocenters. The Morgan fingerprint density at radius 2 is 1.92 bits per heavy atom. The van der Waals surface area contributed by atoms with Crippen LogP contribution in [-0.4, -0.2) is 45.7 Å². The summed E-state index contributed by atoms with van der Waals surface area (Å²) < 4.78 is 0. The number of aryl methyl sites for hydroxylation is 1. The minimum Gasteiger partial charge on any atom is -0.362 e. The van der Waals surface area contributed by atoms with Gasteiger partial charge >= 0.3 is 0 Å². The molecule has 4 N–H and O–H groups in total. The van der Waals surface area contributed by atoms with Gasteiger partial charge in [0.2, 0.25) is 11.6 Å². The van der Waals surface area contributed by atoms with Gasteiger partial charge in [-0.1, -0.05) is 30.3 Å². The van der Waals surface area contributed by atoms with Crippen molar-refractivity contribution in [1.29, 1.82) is 0 Å². The summed E-state index contributed by atoms with van der Waals surface area (Å²) in [6.45, 7) is 5.75. The van der Waals surface area contributed by atoms with Crippen LogP contribution in [0.25, 0.3) is 0 Å². The van der Waals surface area contributed by atoms with E-state index in [2.05, 4.69) is 5.32 Å². The minimum absolute atomic E-state index is 0. The molecule has 1 aliphatic rings. The van der Waals surface area contributed by atoms with E-state index < -0.39 is 23.2 Å². The SMILES string of the molecule is CC(C)(C)NC(=O)[C@]1(O)C(N)CCN1C(=O)CCCc1ccccc1.Cl. The number of hydrogen-bond acceptors (Lipinski definition) is 4. The molecule has 0 radical (unpaired) electrons. The summed E-state index contributed by atoms with van der Waals surface area (Å²) >= 11 is 0. The molecule has 2 rings (SSSR count). The highest BCUT2D eigenvalue weighted by Crippen LogP contribution is 2.28. The maximum atomic E-state index is 12.6. The Bertz CT molecular complexity index is 618. The summed E-state index contributed by atoms with van der Waals surface area (Å²) in [6.07, 6.45) is 2.11. The number of nitrogens with one attached hydrogen (secondary N) is 1. The summed E-state index contributed by atoms with van der Waals surface area (Å²) in [6, 6.07) is 9.13. The molecule has 1 aromatic carbocycles. The second-order valence-electron chi connectivity index (χ2n) is 7.71. The minimum atomic E-state index is -1.98. The molecule has 1 aromatic rings. The van der Waals surface area contributed by atoms with Crippen LogP contribution in [0.1, 0.15) is 45.6 Å². The van der Waals surface area contributed by atoms with E-state index in [0.29, 0.717) is 19.4 Å². The predicted molar refractivity (Wildman–Crippen MR) is 104 cm³/mol. The van der Waals surface area contributed by atoms with Crippen molar-refractivity contribution in [2.24, 2.45) is 5.73 Å². The summed E-state index contributed by atoms with van der Waals surface area (Å²) in [5.74, 6) is -0.850. The molecule has 26 heavy (non-hydrogen) atoms. The van der Waals surface area contributed by atoms with Gasteiger partial charge in [0.25, 0.3) is 5.91 Å². The first-order valence-corrected chi connectivity index (χ1v) is 8.79. The van der Waals surface area contributed by atoms with Gasteiger partial charge in [-0.25, -0.2) is 0 Å². The number of carbonyl (C=O) groups excluding carboxylic acids is 2. The Balaban J connectivity index is 0.00000338. The molecule has 0 aliphatic carbocycles. The molecule has 2 amide bonds. The van der Waals surface area contributed by atoms with Gasteiger partial charge in [-0.15, -0.1) is 12.4 Å². The number of hydrogen-bond donors (Lipinski definition) is 3. The third-order valence-corrected chi connectivity index (χ3v) is 4.41. The molecule has 0 bridgehead atoms. The van der Waals surface area contributed by atoms with Gasteiger partial charge in [-0.05, 0) is 45.6 Å². The van der Waals surface area contributed by atoms with Crippen LogP contribution in [0, 0.1) is 0 Å². The number of benzene rings is 1. The van der Waals surface area contributed by atoms with Crippen LogP contribution in [0.2, 0.25) is 0 Å². The van der Waals surface area contributed by atoms with E-state index in [-0.39, 0.29) is 24.7 Å². The second kappa shape index (κ2) is 8.84. The molecule has 7 heteroatoms. The Kier molecular flexibility index (Phi) is 7.62. The molecule has 1 unspecified atom stereocenters. The number of carbonyl (C=O) groups is 2. The molecule has 146 valence electrons. The Morgan fingerprint density at radius 3 is 2.50 bits per heavy atom. The van der Waals surface area contributed by atoms with Crippen molar-refractivity contribution < 1.29 is 14.7 Å². The van der Waals surface area contributed by atoms with Crippen molar-refractivity contribution >= 4 is 24.2 Å². The lowest BCUT2D eigenvalue weighted by Crippen LogP contribution is -2.66. The van der Waals surface area contributed by atoms with Crippen molar-refractivity contribution in [3.05, 3.63) is 35.9 Å². The quantitative estimate of drug-likeness (QED) is 0.719. The fraction of sp³-hybridized carbons (Fsp3) is 0.579. The predicted octanol–water partition coefficient (Wildman–Crippen LogP) is 1.59. The van der Waals surface area contributed by atoms with Crippen LogP contribution in [0.15, 0.2) is 30.3 Å². The van der Waals surface area contributed by atoms with Gasteiger partial charge in [0.1, 0.15) is 0 Å². The van der Waals surface area contributed by atoms with Crippen molar-refractivity contribution in [1.82, 2.24) is 10.2 Å². The summed E-state index contributed by atoms with van der Waals surface area (Å²) in [5, 5.41) is 13.6. The third-order valence-electron chi connectivity index (χ3n) is 4.41. The van der Waals surface area contributed by atoms with Crippen molar-refractivity contribution in [2.45, 2.75) is 63.8 Å². The summed E-state index contributed by atoms with van der Waals surface area (Å²) in [7, 11) is 0. The van der Waals surface area contributed by atoms with Gasteiger partial charge < -0.3 is 21.1 Å². The first-order chi connectivity index (χ1) is 11.6. The maximum Gasteiger partial charge on any atom is 0.275 e. The number of nitrogens with zero attached hydrogens (tertiary/aromatic N) is 1. The number of rotatable bonds is 5. The van der Waals surface area contributed by atoms with E-state index in [4.69, 9.17) is 5.73 Å². The number of likely N-dealkylation sites (tertiary alicyclic amines) is 1. The molecule has 0 spiro atoms. The molecule has 1 fully saturated rings. The van der Waals surface area contributed by atoms with Crippen LogP contribution in [0.5, 0.6) is 0 Å². The van der Waals surface area contributed by atoms with E-state index in [0.717, 1.165) is 12.0 Å². The molecule has 0 saturated carbocycles. The lowest BCUT2D eigenvalue weighted by atomic mass is 10.0. The highest BCUT2D eigenvalue weighted by atomic mass is 35.5. The van der Waals surface area contributed by atoms with Crippen LogP contribution in [0.3, 0.4) is 0 Å². The number of aliphatic hydroxyl groups is 1. The van der Waals surface area contributed by atoms with E-state index in [1.807, 2.05) is 51.1 Å². The smallest absolute Gasteiger partial charge is 0.275 e. The molecule has 0 aromatic heterocycles. The zero-order valence-electron chi connectivity index (χ0n) is 15.7. The fourth-order valence-electron chi connectivity index (χ4n) is 3.10.